The van der Waals surface area contributed by atoms with E-state index in [9.17, 15) is 9.59 Å². The van der Waals surface area contributed by atoms with E-state index < -0.39 is 12.1 Å². The maximum Gasteiger partial charge on any atom is 0.246 e. The van der Waals surface area contributed by atoms with Crippen molar-refractivity contribution in [2.75, 3.05) is 13.6 Å². The van der Waals surface area contributed by atoms with Gasteiger partial charge in [0.05, 0.1) is 0 Å². The molecule has 2 unspecified atom stereocenters. The van der Waals surface area contributed by atoms with Crippen LogP contribution in [-0.4, -0.2) is 42.4 Å². The van der Waals surface area contributed by atoms with E-state index in [2.05, 4.69) is 77.4 Å². The summed E-state index contributed by atoms with van der Waals surface area (Å²) < 4.78 is 0. The lowest BCUT2D eigenvalue weighted by molar-refractivity contribution is -0.150. The number of nitrogens with one attached hydrogen (secondary N) is 2. The second-order valence-electron chi connectivity index (χ2n) is 10.1. The topological polar surface area (TPSA) is 61.4 Å². The number of carbonyl (C=O) groups excluding carboxylic acids is 2. The van der Waals surface area contributed by atoms with E-state index in [1.165, 1.54) is 0 Å². The Morgan fingerprint density at radius 2 is 1.45 bits per heavy atom. The average molecular weight is 506 g/mol. The van der Waals surface area contributed by atoms with Crippen LogP contribution >= 0.6 is 0 Å². The fourth-order valence-electron chi connectivity index (χ4n) is 5.31. The number of rotatable bonds is 10. The highest BCUT2D eigenvalue weighted by Gasteiger charge is 2.40. The number of carbonyl (C=O) groups is 2. The molecule has 2 N–H and O–H groups in total. The minimum Gasteiger partial charge on any atom is -0.342 e. The molecule has 1 fully saturated rings. The molecule has 1 heterocycles. The third-order valence-corrected chi connectivity index (χ3v) is 7.40. The molecule has 0 spiro atoms. The van der Waals surface area contributed by atoms with Crippen LogP contribution < -0.4 is 10.6 Å². The first-order valence-electron chi connectivity index (χ1n) is 13.5. The molecule has 0 bridgehead atoms. The summed E-state index contributed by atoms with van der Waals surface area (Å²) in [5, 5.41) is 8.52. The van der Waals surface area contributed by atoms with E-state index in [4.69, 9.17) is 0 Å². The van der Waals surface area contributed by atoms with Crippen molar-refractivity contribution in [3.05, 3.63) is 108 Å². The lowest BCUT2D eigenvalue weighted by Crippen LogP contribution is -2.63. The van der Waals surface area contributed by atoms with Gasteiger partial charge < -0.3 is 15.5 Å². The summed E-state index contributed by atoms with van der Waals surface area (Å²) in [5.74, 6) is -0.0655. The number of benzene rings is 4. The number of amides is 2. The monoisotopic (exact) mass is 505 g/mol. The number of hydrogen-bond donors (Lipinski definition) is 2. The molecular weight excluding hydrogens is 470 g/mol. The molecule has 0 aliphatic carbocycles. The first-order chi connectivity index (χ1) is 18.6. The lowest BCUT2D eigenvalue weighted by atomic mass is 9.95. The van der Waals surface area contributed by atoms with Crippen LogP contribution in [0.3, 0.4) is 0 Å². The van der Waals surface area contributed by atoms with Crippen molar-refractivity contribution in [2.45, 2.75) is 44.3 Å². The first-order valence-corrected chi connectivity index (χ1v) is 13.5. The molecule has 2 amide bonds. The standard InChI is InChI=1S/C33H35N3O2/c1-34-20-8-7-13-31-32(37)35-30(22-25-16-19-27-11-5-6-12-29(27)21-25)33(38)36(31)23-24-14-17-28(18-15-24)26-9-3-2-4-10-26/h2-6,9-12,14-19,21,30-31,34H,7-8,13,20,22-23H2,1H3,(H,35,37). The van der Waals surface area contributed by atoms with Gasteiger partial charge in [0.15, 0.2) is 0 Å². The molecule has 4 aromatic carbocycles. The van der Waals surface area contributed by atoms with Crippen LogP contribution in [-0.2, 0) is 22.6 Å². The SMILES string of the molecule is CNCCCCC1C(=O)NC(Cc2ccc3ccccc3c2)C(=O)N1Cc1ccc(-c2ccccc2)cc1. The number of unbranched alkanes of at least 4 members (excludes halogenated alkanes) is 1. The number of hydrogen-bond acceptors (Lipinski definition) is 3. The molecular formula is C33H35N3O2. The molecule has 38 heavy (non-hydrogen) atoms. The van der Waals surface area contributed by atoms with E-state index >= 15 is 0 Å². The van der Waals surface area contributed by atoms with Crippen LogP contribution in [0.2, 0.25) is 0 Å². The van der Waals surface area contributed by atoms with Gasteiger partial charge in [0.25, 0.3) is 0 Å². The third kappa shape index (κ3) is 5.95. The van der Waals surface area contributed by atoms with Crippen molar-refractivity contribution in [3.63, 3.8) is 0 Å². The molecule has 194 valence electrons. The Morgan fingerprint density at radius 3 is 2.21 bits per heavy atom. The summed E-state index contributed by atoms with van der Waals surface area (Å²) >= 11 is 0. The minimum atomic E-state index is -0.569. The van der Waals surface area contributed by atoms with E-state index in [1.54, 1.807) is 4.90 Å². The van der Waals surface area contributed by atoms with Crippen LogP contribution in [0.5, 0.6) is 0 Å². The van der Waals surface area contributed by atoms with Gasteiger partial charge in [0.1, 0.15) is 12.1 Å². The summed E-state index contributed by atoms with van der Waals surface area (Å²) in [6, 6.07) is 32.0. The van der Waals surface area contributed by atoms with Crippen LogP contribution in [0.25, 0.3) is 21.9 Å². The second-order valence-corrected chi connectivity index (χ2v) is 10.1. The second kappa shape index (κ2) is 12.1. The predicted octanol–water partition coefficient (Wildman–Crippen LogP) is 5.33. The van der Waals surface area contributed by atoms with Gasteiger partial charge in [-0.05, 0) is 65.9 Å². The largest absolute Gasteiger partial charge is 0.342 e. The smallest absolute Gasteiger partial charge is 0.246 e. The normalized spacial score (nSPS) is 17.6. The zero-order valence-electron chi connectivity index (χ0n) is 21.9. The fraction of sp³-hybridized carbons (Fsp3) is 0.273. The Hall–Kier alpha value is -3.96. The van der Waals surface area contributed by atoms with Crippen molar-refractivity contribution in [1.29, 1.82) is 0 Å². The van der Waals surface area contributed by atoms with Gasteiger partial charge in [-0.2, -0.15) is 0 Å². The van der Waals surface area contributed by atoms with Gasteiger partial charge >= 0.3 is 0 Å². The van der Waals surface area contributed by atoms with Crippen molar-refractivity contribution in [1.82, 2.24) is 15.5 Å². The Morgan fingerprint density at radius 1 is 0.763 bits per heavy atom. The summed E-state index contributed by atoms with van der Waals surface area (Å²) in [6.07, 6.45) is 2.98. The Labute approximate surface area is 224 Å². The molecule has 2 atom stereocenters. The lowest BCUT2D eigenvalue weighted by Gasteiger charge is -2.39. The Bertz CT molecular complexity index is 1380. The van der Waals surface area contributed by atoms with Crippen molar-refractivity contribution in [3.8, 4) is 11.1 Å². The molecule has 1 saturated heterocycles. The summed E-state index contributed by atoms with van der Waals surface area (Å²) in [5.41, 5.74) is 4.36. The van der Waals surface area contributed by atoms with Crippen molar-refractivity contribution in [2.24, 2.45) is 0 Å². The van der Waals surface area contributed by atoms with Crippen LogP contribution in [0.1, 0.15) is 30.4 Å². The van der Waals surface area contributed by atoms with Gasteiger partial charge in [-0.3, -0.25) is 9.59 Å². The number of fused-ring (bicyclic) bond motifs is 1. The van der Waals surface area contributed by atoms with Crippen molar-refractivity contribution >= 4 is 22.6 Å². The quantitative estimate of drug-likeness (QED) is 0.286. The highest BCUT2D eigenvalue weighted by atomic mass is 16.2. The van der Waals surface area contributed by atoms with Crippen LogP contribution in [0.4, 0.5) is 0 Å². The van der Waals surface area contributed by atoms with E-state index in [-0.39, 0.29) is 11.8 Å². The van der Waals surface area contributed by atoms with Gasteiger partial charge in [-0.1, -0.05) is 97.1 Å². The van der Waals surface area contributed by atoms with Crippen LogP contribution in [0.15, 0.2) is 97.1 Å². The molecule has 0 radical (unpaired) electrons. The van der Waals surface area contributed by atoms with E-state index in [0.717, 1.165) is 52.4 Å². The van der Waals surface area contributed by atoms with Crippen molar-refractivity contribution < 1.29 is 9.59 Å². The van der Waals surface area contributed by atoms with Crippen LogP contribution in [0, 0.1) is 0 Å². The molecule has 5 rings (SSSR count). The molecule has 4 aromatic rings. The maximum absolute atomic E-state index is 13.8. The van der Waals surface area contributed by atoms with Gasteiger partial charge in [0, 0.05) is 13.0 Å². The summed E-state index contributed by atoms with van der Waals surface area (Å²) in [4.78, 5) is 29.0. The Kier molecular flexibility index (Phi) is 8.15. The summed E-state index contributed by atoms with van der Waals surface area (Å²) in [7, 11) is 1.93. The maximum atomic E-state index is 13.8. The number of piperazine rings is 1. The van der Waals surface area contributed by atoms with Gasteiger partial charge in [0.2, 0.25) is 11.8 Å². The Balaban J connectivity index is 1.36. The van der Waals surface area contributed by atoms with E-state index in [0.29, 0.717) is 19.4 Å². The molecule has 0 aromatic heterocycles. The predicted molar refractivity (Wildman–Crippen MR) is 154 cm³/mol. The van der Waals surface area contributed by atoms with E-state index in [1.807, 2.05) is 37.4 Å². The molecule has 1 aliphatic heterocycles. The van der Waals surface area contributed by atoms with Gasteiger partial charge in [-0.25, -0.2) is 0 Å². The highest BCUT2D eigenvalue weighted by molar-refractivity contribution is 5.97. The molecule has 1 aliphatic rings. The minimum absolute atomic E-state index is 0.0106. The zero-order valence-corrected chi connectivity index (χ0v) is 21.9. The molecule has 0 saturated carbocycles. The average Bonchev–Trinajstić information content (AvgIpc) is 2.95. The third-order valence-electron chi connectivity index (χ3n) is 7.40. The van der Waals surface area contributed by atoms with Gasteiger partial charge in [-0.15, -0.1) is 0 Å². The molecule has 5 nitrogen and oxygen atoms in total. The molecule has 5 heteroatoms. The number of nitrogens with zero attached hydrogens (tertiary/aromatic N) is 1. The highest BCUT2D eigenvalue weighted by Crippen LogP contribution is 2.24. The zero-order chi connectivity index (χ0) is 26.3. The first kappa shape index (κ1) is 25.7. The summed E-state index contributed by atoms with van der Waals surface area (Å²) in [6.45, 7) is 1.32. The fourth-order valence-corrected chi connectivity index (χ4v) is 5.31.